The summed E-state index contributed by atoms with van der Waals surface area (Å²) in [5.74, 6) is 0.263. The molecule has 0 unspecified atom stereocenters. The third-order valence-corrected chi connectivity index (χ3v) is 5.86. The number of sulfonamides is 1. The Morgan fingerprint density at radius 3 is 2.33 bits per heavy atom. The van der Waals surface area contributed by atoms with Crippen molar-refractivity contribution in [2.75, 3.05) is 24.3 Å². The molecule has 0 aliphatic heterocycles. The number of carbonyl (C=O) groups excluding carboxylic acids is 1. The zero-order valence-corrected chi connectivity index (χ0v) is 17.8. The molecule has 0 fully saturated rings. The van der Waals surface area contributed by atoms with Gasteiger partial charge in [-0.05, 0) is 54.6 Å². The average molecular weight is 446 g/mol. The van der Waals surface area contributed by atoms with Crippen molar-refractivity contribution < 1.29 is 22.7 Å². The van der Waals surface area contributed by atoms with Crippen LogP contribution in [0, 0.1) is 4.64 Å². The Kier molecular flexibility index (Phi) is 6.38. The molecule has 0 spiro atoms. The number of anilines is 2. The summed E-state index contributed by atoms with van der Waals surface area (Å²) in [4.78, 5) is 15.1. The normalized spacial score (nSPS) is 10.9. The van der Waals surface area contributed by atoms with E-state index in [1.54, 1.807) is 48.7 Å². The Balaban J connectivity index is 1.90. The van der Waals surface area contributed by atoms with Crippen LogP contribution in [0.3, 0.4) is 0 Å². The molecule has 1 amide bonds. The van der Waals surface area contributed by atoms with E-state index in [1.807, 2.05) is 0 Å². The molecule has 1 aromatic heterocycles. The van der Waals surface area contributed by atoms with E-state index in [4.69, 9.17) is 21.7 Å². The van der Waals surface area contributed by atoms with E-state index >= 15 is 0 Å². The first kappa shape index (κ1) is 21.3. The summed E-state index contributed by atoms with van der Waals surface area (Å²) in [5.41, 5.74) is 0.890. The molecule has 0 aliphatic carbocycles. The van der Waals surface area contributed by atoms with E-state index in [-0.39, 0.29) is 26.5 Å². The lowest BCUT2D eigenvalue weighted by Crippen LogP contribution is -2.16. The fourth-order valence-corrected chi connectivity index (χ4v) is 4.12. The van der Waals surface area contributed by atoms with Gasteiger partial charge in [0.1, 0.15) is 21.0 Å². The molecule has 0 atom stereocenters. The van der Waals surface area contributed by atoms with Gasteiger partial charge in [-0.25, -0.2) is 8.42 Å². The van der Waals surface area contributed by atoms with Crippen LogP contribution in [0.4, 0.5) is 11.4 Å². The van der Waals surface area contributed by atoms with E-state index in [0.717, 1.165) is 0 Å². The highest BCUT2D eigenvalue weighted by molar-refractivity contribution is 7.92. The lowest BCUT2D eigenvalue weighted by Gasteiger charge is -2.14. The number of benzene rings is 2. The highest BCUT2D eigenvalue weighted by atomic mass is 32.2. The smallest absolute Gasteiger partial charge is 0.265 e. The minimum Gasteiger partial charge on any atom is -0.497 e. The molecule has 3 rings (SSSR count). The highest BCUT2D eigenvalue weighted by Crippen LogP contribution is 2.29. The van der Waals surface area contributed by atoms with Gasteiger partial charge in [0, 0.05) is 17.6 Å². The van der Waals surface area contributed by atoms with Crippen molar-refractivity contribution in [3.8, 4) is 11.5 Å². The summed E-state index contributed by atoms with van der Waals surface area (Å²) in [6.07, 6.45) is 1.61. The third-order valence-electron chi connectivity index (χ3n) is 4.12. The maximum Gasteiger partial charge on any atom is 0.265 e. The number of nitrogens with one attached hydrogen (secondary N) is 3. The van der Waals surface area contributed by atoms with Gasteiger partial charge >= 0.3 is 0 Å². The minimum absolute atomic E-state index is 0.128. The standard InChI is InChI=1S/C20H19N3O5S2/c1-27-15-8-5-13(6-9-15)23-30(25,26)18-12-14(7-10-17(18)28-2)22-19(24)16-4-3-11-21-20(16)29/h3-12,23H,1-2H3,(H,21,29)(H,22,24). The molecule has 2 aromatic carbocycles. The van der Waals surface area contributed by atoms with Crippen molar-refractivity contribution in [3.63, 3.8) is 0 Å². The van der Waals surface area contributed by atoms with Crippen molar-refractivity contribution in [1.29, 1.82) is 0 Å². The molecule has 0 radical (unpaired) electrons. The number of methoxy groups -OCH3 is 2. The van der Waals surface area contributed by atoms with E-state index in [2.05, 4.69) is 15.0 Å². The van der Waals surface area contributed by atoms with Crippen molar-refractivity contribution in [1.82, 2.24) is 4.98 Å². The predicted octanol–water partition coefficient (Wildman–Crippen LogP) is 3.81. The lowest BCUT2D eigenvalue weighted by molar-refractivity contribution is 0.102. The Morgan fingerprint density at radius 2 is 1.70 bits per heavy atom. The number of ether oxygens (including phenoxy) is 2. The lowest BCUT2D eigenvalue weighted by atomic mass is 10.2. The Labute approximate surface area is 178 Å². The molecule has 3 N–H and O–H groups in total. The molecule has 0 saturated heterocycles. The topological polar surface area (TPSA) is 110 Å². The summed E-state index contributed by atoms with van der Waals surface area (Å²) in [6.45, 7) is 0. The predicted molar refractivity (Wildman–Crippen MR) is 116 cm³/mol. The first-order valence-corrected chi connectivity index (χ1v) is 10.6. The Morgan fingerprint density at radius 1 is 1.00 bits per heavy atom. The zero-order valence-electron chi connectivity index (χ0n) is 16.1. The molecule has 10 heteroatoms. The molecular formula is C20H19N3O5S2. The van der Waals surface area contributed by atoms with Crippen LogP contribution in [-0.4, -0.2) is 33.5 Å². The third kappa shape index (κ3) is 4.78. The molecule has 0 saturated carbocycles. The van der Waals surface area contributed by atoms with Crippen LogP contribution < -0.4 is 19.5 Å². The van der Waals surface area contributed by atoms with Gasteiger partial charge in [0.05, 0.1) is 19.8 Å². The van der Waals surface area contributed by atoms with Crippen LogP contribution >= 0.6 is 12.2 Å². The maximum absolute atomic E-state index is 12.9. The highest BCUT2D eigenvalue weighted by Gasteiger charge is 2.21. The van der Waals surface area contributed by atoms with Crippen LogP contribution in [0.2, 0.25) is 0 Å². The molecule has 156 valence electrons. The quantitative estimate of drug-likeness (QED) is 0.477. The monoisotopic (exact) mass is 445 g/mol. The average Bonchev–Trinajstić information content (AvgIpc) is 2.74. The van der Waals surface area contributed by atoms with Crippen molar-refractivity contribution in [2.24, 2.45) is 0 Å². The molecule has 0 aliphatic rings. The van der Waals surface area contributed by atoms with E-state index < -0.39 is 15.9 Å². The summed E-state index contributed by atoms with van der Waals surface area (Å²) >= 11 is 5.11. The summed E-state index contributed by atoms with van der Waals surface area (Å²) in [5, 5.41) is 2.65. The maximum atomic E-state index is 12.9. The minimum atomic E-state index is -4.00. The molecule has 1 heterocycles. The van der Waals surface area contributed by atoms with Crippen LogP contribution in [0.5, 0.6) is 11.5 Å². The number of rotatable bonds is 7. The summed E-state index contributed by atoms with van der Waals surface area (Å²) in [6, 6.07) is 14.0. The summed E-state index contributed by atoms with van der Waals surface area (Å²) < 4.78 is 38.9. The fraction of sp³-hybridized carbons (Fsp3) is 0.100. The van der Waals surface area contributed by atoms with Gasteiger partial charge in [-0.15, -0.1) is 0 Å². The van der Waals surface area contributed by atoms with Crippen LogP contribution in [0.1, 0.15) is 10.4 Å². The summed E-state index contributed by atoms with van der Waals surface area (Å²) in [7, 11) is -1.12. The second-order valence-electron chi connectivity index (χ2n) is 6.07. The number of hydrogen-bond donors (Lipinski definition) is 3. The largest absolute Gasteiger partial charge is 0.497 e. The van der Waals surface area contributed by atoms with E-state index in [0.29, 0.717) is 11.4 Å². The molecular weight excluding hydrogens is 426 g/mol. The second kappa shape index (κ2) is 8.97. The first-order chi connectivity index (χ1) is 14.3. The molecule has 30 heavy (non-hydrogen) atoms. The van der Waals surface area contributed by atoms with E-state index in [1.165, 1.54) is 26.4 Å². The number of amides is 1. The van der Waals surface area contributed by atoms with Gasteiger partial charge in [0.25, 0.3) is 15.9 Å². The number of H-pyrrole nitrogens is 1. The van der Waals surface area contributed by atoms with Crippen LogP contribution in [0.25, 0.3) is 0 Å². The van der Waals surface area contributed by atoms with Crippen molar-refractivity contribution in [2.45, 2.75) is 4.90 Å². The number of carbonyl (C=O) groups is 1. The van der Waals surface area contributed by atoms with Gasteiger partial charge in [0.2, 0.25) is 0 Å². The second-order valence-corrected chi connectivity index (χ2v) is 8.13. The SMILES string of the molecule is COc1ccc(NS(=O)(=O)c2cc(NC(=O)c3ccc[nH]c3=S)ccc2OC)cc1. The number of aromatic amines is 1. The zero-order chi connectivity index (χ0) is 21.7. The Hall–Kier alpha value is -3.37. The number of hydrogen-bond acceptors (Lipinski definition) is 6. The molecule has 8 nitrogen and oxygen atoms in total. The van der Waals surface area contributed by atoms with E-state index in [9.17, 15) is 13.2 Å². The van der Waals surface area contributed by atoms with Gasteiger partial charge in [-0.1, -0.05) is 12.2 Å². The first-order valence-electron chi connectivity index (χ1n) is 8.68. The molecule has 3 aromatic rings. The van der Waals surface area contributed by atoms with Crippen LogP contribution in [-0.2, 0) is 10.0 Å². The van der Waals surface area contributed by atoms with Crippen LogP contribution in [0.15, 0.2) is 65.7 Å². The van der Waals surface area contributed by atoms with Crippen molar-refractivity contribution in [3.05, 3.63) is 71.0 Å². The molecule has 0 bridgehead atoms. The van der Waals surface area contributed by atoms with Gasteiger partial charge in [0.15, 0.2) is 0 Å². The number of pyridine rings is 1. The van der Waals surface area contributed by atoms with Gasteiger partial charge in [-0.2, -0.15) is 0 Å². The van der Waals surface area contributed by atoms with Crippen molar-refractivity contribution >= 4 is 39.5 Å². The van der Waals surface area contributed by atoms with Gasteiger partial charge < -0.3 is 19.8 Å². The Bertz CT molecular complexity index is 1220. The number of aromatic nitrogens is 1. The fourth-order valence-electron chi connectivity index (χ4n) is 2.63. The van der Waals surface area contributed by atoms with Gasteiger partial charge in [-0.3, -0.25) is 9.52 Å².